The molecule has 0 aromatic carbocycles. The molecule has 0 heterocycles. The molecule has 2 rings (SSSR count). The van der Waals surface area contributed by atoms with E-state index >= 15 is 0 Å². The Morgan fingerprint density at radius 1 is 1.12 bits per heavy atom. The molecule has 17 heavy (non-hydrogen) atoms. The van der Waals surface area contributed by atoms with Crippen molar-refractivity contribution < 1.29 is 19.1 Å². The van der Waals surface area contributed by atoms with Crippen LogP contribution in [0.5, 0.6) is 0 Å². The van der Waals surface area contributed by atoms with Crippen molar-refractivity contribution >= 4 is 11.9 Å². The van der Waals surface area contributed by atoms with Crippen LogP contribution in [0.1, 0.15) is 12.8 Å². The Balaban J connectivity index is 2.27. The first kappa shape index (κ1) is 11.9. The molecule has 0 saturated heterocycles. The van der Waals surface area contributed by atoms with Crippen molar-refractivity contribution in [1.82, 2.24) is 0 Å². The van der Waals surface area contributed by atoms with E-state index < -0.39 is 17.8 Å². The molecule has 2 aliphatic rings. The van der Waals surface area contributed by atoms with Gasteiger partial charge >= 0.3 is 11.9 Å². The number of nitriles is 1. The van der Waals surface area contributed by atoms with Crippen molar-refractivity contribution in [3.8, 4) is 6.07 Å². The summed E-state index contributed by atoms with van der Waals surface area (Å²) in [4.78, 5) is 23.5. The first-order valence-corrected chi connectivity index (χ1v) is 5.69. The molecule has 0 aliphatic heterocycles. The molecule has 2 fully saturated rings. The number of hydrogen-bond acceptors (Lipinski definition) is 5. The highest BCUT2D eigenvalue weighted by Gasteiger charge is 2.59. The zero-order valence-corrected chi connectivity index (χ0v) is 9.88. The largest absolute Gasteiger partial charge is 0.469 e. The van der Waals surface area contributed by atoms with Crippen LogP contribution >= 0.6 is 0 Å². The van der Waals surface area contributed by atoms with E-state index in [0.29, 0.717) is 6.42 Å². The highest BCUT2D eigenvalue weighted by Crippen LogP contribution is 2.55. The maximum absolute atomic E-state index is 11.8. The molecule has 5 nitrogen and oxygen atoms in total. The molecule has 0 radical (unpaired) electrons. The quantitative estimate of drug-likeness (QED) is 0.662. The first-order chi connectivity index (χ1) is 8.13. The van der Waals surface area contributed by atoms with Gasteiger partial charge in [-0.25, -0.2) is 0 Å². The average molecular weight is 237 g/mol. The van der Waals surface area contributed by atoms with Crippen LogP contribution in [-0.2, 0) is 19.1 Å². The Morgan fingerprint density at radius 2 is 1.71 bits per heavy atom. The zero-order valence-electron chi connectivity index (χ0n) is 9.88. The van der Waals surface area contributed by atoms with Gasteiger partial charge in [-0.05, 0) is 24.7 Å². The zero-order chi connectivity index (χ0) is 12.6. The van der Waals surface area contributed by atoms with Gasteiger partial charge in [0, 0.05) is 0 Å². The van der Waals surface area contributed by atoms with Crippen molar-refractivity contribution in [1.29, 1.82) is 5.26 Å². The molecule has 0 spiro atoms. The molecule has 0 aromatic heterocycles. The van der Waals surface area contributed by atoms with Gasteiger partial charge in [-0.1, -0.05) is 0 Å². The van der Waals surface area contributed by atoms with Gasteiger partial charge in [0.05, 0.1) is 38.0 Å². The number of nitrogens with zero attached hydrogens (tertiary/aromatic N) is 1. The highest BCUT2D eigenvalue weighted by molar-refractivity contribution is 5.83. The standard InChI is InChI=1S/C12H15NO4/c1-16-11(14)9-6-3-7(5-13)8(4-6)10(9)12(15)17-2/h6-10H,3-4H2,1-2H3. The second kappa shape index (κ2) is 4.36. The van der Waals surface area contributed by atoms with Crippen molar-refractivity contribution in [2.75, 3.05) is 14.2 Å². The summed E-state index contributed by atoms with van der Waals surface area (Å²) in [5, 5.41) is 9.02. The number of methoxy groups -OCH3 is 2. The highest BCUT2D eigenvalue weighted by atomic mass is 16.5. The van der Waals surface area contributed by atoms with Gasteiger partial charge in [0.15, 0.2) is 0 Å². The summed E-state index contributed by atoms with van der Waals surface area (Å²) in [5.74, 6) is -1.79. The van der Waals surface area contributed by atoms with Crippen LogP contribution < -0.4 is 0 Å². The number of carbonyl (C=O) groups excluding carboxylic acids is 2. The van der Waals surface area contributed by atoms with Crippen molar-refractivity contribution in [2.45, 2.75) is 12.8 Å². The Kier molecular flexibility index (Phi) is 3.05. The molecule has 5 unspecified atom stereocenters. The summed E-state index contributed by atoms with van der Waals surface area (Å²) in [6, 6.07) is 2.22. The summed E-state index contributed by atoms with van der Waals surface area (Å²) >= 11 is 0. The van der Waals surface area contributed by atoms with Crippen molar-refractivity contribution in [3.63, 3.8) is 0 Å². The molecule has 92 valence electrons. The minimum Gasteiger partial charge on any atom is -0.469 e. The molecule has 5 heteroatoms. The molecule has 0 aromatic rings. The third kappa shape index (κ3) is 1.68. The summed E-state index contributed by atoms with van der Waals surface area (Å²) < 4.78 is 9.50. The van der Waals surface area contributed by atoms with Gasteiger partial charge in [0.1, 0.15) is 0 Å². The van der Waals surface area contributed by atoms with Crippen LogP contribution in [0.4, 0.5) is 0 Å². The number of hydrogen-bond donors (Lipinski definition) is 0. The minimum atomic E-state index is -0.504. The van der Waals surface area contributed by atoms with Crippen LogP contribution in [0.3, 0.4) is 0 Å². The van der Waals surface area contributed by atoms with Crippen molar-refractivity contribution in [2.24, 2.45) is 29.6 Å². The lowest BCUT2D eigenvalue weighted by Gasteiger charge is -2.29. The van der Waals surface area contributed by atoms with E-state index in [0.717, 1.165) is 6.42 Å². The molecular formula is C12H15NO4. The lowest BCUT2D eigenvalue weighted by Crippen LogP contribution is -2.39. The molecule has 2 aliphatic carbocycles. The molecule has 2 saturated carbocycles. The van der Waals surface area contributed by atoms with Crippen LogP contribution in [0.25, 0.3) is 0 Å². The number of carbonyl (C=O) groups is 2. The monoisotopic (exact) mass is 237 g/mol. The fourth-order valence-corrected chi connectivity index (χ4v) is 3.44. The lowest BCUT2D eigenvalue weighted by atomic mass is 9.74. The molecule has 2 bridgehead atoms. The van der Waals surface area contributed by atoms with Crippen LogP contribution in [0.15, 0.2) is 0 Å². The Labute approximate surface area is 99.7 Å². The third-order valence-corrected chi connectivity index (χ3v) is 4.12. The van der Waals surface area contributed by atoms with Crippen LogP contribution in [-0.4, -0.2) is 26.2 Å². The van der Waals surface area contributed by atoms with Gasteiger partial charge in [0.2, 0.25) is 0 Å². The summed E-state index contributed by atoms with van der Waals surface area (Å²) in [7, 11) is 2.63. The Bertz CT molecular complexity index is 386. The van der Waals surface area contributed by atoms with Gasteiger partial charge in [-0.2, -0.15) is 5.26 Å². The first-order valence-electron chi connectivity index (χ1n) is 5.69. The van der Waals surface area contributed by atoms with Crippen LogP contribution in [0, 0.1) is 40.9 Å². The smallest absolute Gasteiger partial charge is 0.309 e. The van der Waals surface area contributed by atoms with E-state index in [1.165, 1.54) is 14.2 Å². The maximum atomic E-state index is 11.8. The second-order valence-electron chi connectivity index (χ2n) is 4.73. The summed E-state index contributed by atoms with van der Waals surface area (Å²) in [6.07, 6.45) is 1.44. The van der Waals surface area contributed by atoms with Gasteiger partial charge in [-0.3, -0.25) is 9.59 Å². The van der Waals surface area contributed by atoms with Gasteiger partial charge in [-0.15, -0.1) is 0 Å². The minimum absolute atomic E-state index is 0.0541. The van der Waals surface area contributed by atoms with E-state index in [9.17, 15) is 9.59 Å². The Hall–Kier alpha value is -1.57. The summed E-state index contributed by atoms with van der Waals surface area (Å²) in [6.45, 7) is 0. The fraction of sp³-hybridized carbons (Fsp3) is 0.750. The SMILES string of the molecule is COC(=O)C1C2CC(C#N)C(C2)C1C(=O)OC. The molecule has 0 N–H and O–H groups in total. The Morgan fingerprint density at radius 3 is 2.24 bits per heavy atom. The molecule has 5 atom stereocenters. The van der Waals surface area contributed by atoms with E-state index in [4.69, 9.17) is 14.7 Å². The molecular weight excluding hydrogens is 222 g/mol. The molecule has 0 amide bonds. The van der Waals surface area contributed by atoms with Crippen LogP contribution in [0.2, 0.25) is 0 Å². The second-order valence-corrected chi connectivity index (χ2v) is 4.73. The normalized spacial score (nSPS) is 38.5. The van der Waals surface area contributed by atoms with Gasteiger partial charge in [0.25, 0.3) is 0 Å². The number of ether oxygens (including phenoxy) is 2. The summed E-state index contributed by atoms with van der Waals surface area (Å²) in [5.41, 5.74) is 0. The average Bonchev–Trinajstić information content (AvgIpc) is 2.93. The van der Waals surface area contributed by atoms with E-state index in [1.54, 1.807) is 0 Å². The number of esters is 2. The van der Waals surface area contributed by atoms with E-state index in [2.05, 4.69) is 6.07 Å². The predicted molar refractivity (Wildman–Crippen MR) is 56.3 cm³/mol. The third-order valence-electron chi connectivity index (χ3n) is 4.12. The predicted octanol–water partition coefficient (Wildman–Crippen LogP) is 0.744. The number of rotatable bonds is 2. The maximum Gasteiger partial charge on any atom is 0.309 e. The lowest BCUT2D eigenvalue weighted by molar-refractivity contribution is -0.160. The topological polar surface area (TPSA) is 76.4 Å². The van der Waals surface area contributed by atoms with E-state index in [1.807, 2.05) is 0 Å². The van der Waals surface area contributed by atoms with E-state index in [-0.39, 0.29) is 23.7 Å². The van der Waals surface area contributed by atoms with Gasteiger partial charge < -0.3 is 9.47 Å². The fourth-order valence-electron chi connectivity index (χ4n) is 3.44. The number of fused-ring (bicyclic) bond motifs is 2. The van der Waals surface area contributed by atoms with Crippen molar-refractivity contribution in [3.05, 3.63) is 0 Å².